The van der Waals surface area contributed by atoms with Gasteiger partial charge in [-0.3, -0.25) is 4.21 Å². The number of rotatable bonds is 4. The van der Waals surface area contributed by atoms with E-state index >= 15 is 0 Å². The summed E-state index contributed by atoms with van der Waals surface area (Å²) in [5.41, 5.74) is 0.794. The van der Waals surface area contributed by atoms with Crippen molar-refractivity contribution in [2.24, 2.45) is 4.40 Å². The Morgan fingerprint density at radius 1 is 1.41 bits per heavy atom. The Bertz CT molecular complexity index is 763. The van der Waals surface area contributed by atoms with Gasteiger partial charge in [-0.2, -0.15) is 0 Å². The van der Waals surface area contributed by atoms with Gasteiger partial charge in [0, 0.05) is 51.9 Å². The van der Waals surface area contributed by atoms with Crippen LogP contribution >= 0.6 is 24.4 Å². The summed E-state index contributed by atoms with van der Waals surface area (Å²) in [6.07, 6.45) is 8.25. The van der Waals surface area contributed by atoms with Crippen LogP contribution in [0.5, 0.6) is 5.88 Å². The van der Waals surface area contributed by atoms with E-state index in [1.807, 2.05) is 0 Å². The maximum Gasteiger partial charge on any atom is 0.223 e. The van der Waals surface area contributed by atoms with Crippen molar-refractivity contribution >= 4 is 52.2 Å². The summed E-state index contributed by atoms with van der Waals surface area (Å²) in [6, 6.07) is 1.75. The van der Waals surface area contributed by atoms with E-state index in [2.05, 4.69) is 27.2 Å². The zero-order valence-electron chi connectivity index (χ0n) is 11.8. The molecule has 0 saturated heterocycles. The number of fused-ring (bicyclic) bond motifs is 1. The monoisotopic (exact) mass is 355 g/mol. The highest BCUT2D eigenvalue weighted by Crippen LogP contribution is 2.32. The second-order valence-electron chi connectivity index (χ2n) is 5.15. The van der Waals surface area contributed by atoms with Crippen LogP contribution in [0.4, 0.5) is 0 Å². The van der Waals surface area contributed by atoms with Crippen molar-refractivity contribution in [2.45, 2.75) is 24.2 Å². The average Bonchev–Trinajstić information content (AvgIpc) is 2.43. The molecule has 0 N–H and O–H groups in total. The molecule has 0 aliphatic heterocycles. The third-order valence-corrected chi connectivity index (χ3v) is 5.37. The molecule has 5 nitrogen and oxygen atoms in total. The number of aromatic nitrogens is 2. The van der Waals surface area contributed by atoms with Crippen molar-refractivity contribution in [3.63, 3.8) is 0 Å². The molecule has 0 spiro atoms. The van der Waals surface area contributed by atoms with Gasteiger partial charge in [0.15, 0.2) is 0 Å². The van der Waals surface area contributed by atoms with Crippen LogP contribution < -0.4 is 4.74 Å². The SMILES string of the molecule is CS(=O)C1CC(Oc2ncc(C=NS)c3cc(Cl)ncc23)C1. The number of halogens is 1. The zero-order chi connectivity index (χ0) is 15.7. The van der Waals surface area contributed by atoms with Crippen molar-refractivity contribution < 1.29 is 8.95 Å². The highest BCUT2D eigenvalue weighted by atomic mass is 35.5. The standard InChI is InChI=1S/C14H14ClN3O2S2/c1-22(19)10-2-9(3-10)20-14-12-7-16-13(15)4-11(12)8(5-17-14)6-18-21/h4-7,9-10,21H,2-3H2,1H3. The quantitative estimate of drug-likeness (QED) is 0.520. The molecule has 2 aromatic rings. The Kier molecular flexibility index (Phi) is 4.65. The van der Waals surface area contributed by atoms with E-state index < -0.39 is 10.8 Å². The molecule has 1 aliphatic carbocycles. The zero-order valence-corrected chi connectivity index (χ0v) is 14.2. The molecule has 1 atom stereocenters. The van der Waals surface area contributed by atoms with Crippen LogP contribution in [0.2, 0.25) is 5.15 Å². The molecule has 1 unspecified atom stereocenters. The van der Waals surface area contributed by atoms with Gasteiger partial charge in [0.25, 0.3) is 0 Å². The smallest absolute Gasteiger partial charge is 0.223 e. The third-order valence-electron chi connectivity index (χ3n) is 3.73. The highest BCUT2D eigenvalue weighted by molar-refractivity contribution is 7.85. The van der Waals surface area contributed by atoms with Crippen LogP contribution in [0.3, 0.4) is 0 Å². The topological polar surface area (TPSA) is 64.4 Å². The normalized spacial score (nSPS) is 22.7. The fraction of sp³-hybridized carbons (Fsp3) is 0.357. The first-order valence-electron chi connectivity index (χ1n) is 6.69. The molecule has 2 aromatic heterocycles. The van der Waals surface area contributed by atoms with Crippen molar-refractivity contribution in [3.8, 4) is 5.88 Å². The van der Waals surface area contributed by atoms with Gasteiger partial charge in [-0.1, -0.05) is 11.6 Å². The molecular formula is C14H14ClN3O2S2. The van der Waals surface area contributed by atoms with Crippen LogP contribution in [0.1, 0.15) is 18.4 Å². The molecule has 116 valence electrons. The molecule has 3 rings (SSSR count). The Hall–Kier alpha value is -1.18. The number of thiol groups is 1. The summed E-state index contributed by atoms with van der Waals surface area (Å²) in [6.45, 7) is 0. The van der Waals surface area contributed by atoms with Gasteiger partial charge in [-0.05, 0) is 31.7 Å². The summed E-state index contributed by atoms with van der Waals surface area (Å²) in [4.78, 5) is 8.44. The molecular weight excluding hydrogens is 342 g/mol. The predicted molar refractivity (Wildman–Crippen MR) is 92.6 cm³/mol. The van der Waals surface area contributed by atoms with E-state index in [9.17, 15) is 4.21 Å². The molecule has 1 fully saturated rings. The van der Waals surface area contributed by atoms with Crippen molar-refractivity contribution in [2.75, 3.05) is 6.26 Å². The highest BCUT2D eigenvalue weighted by Gasteiger charge is 2.34. The van der Waals surface area contributed by atoms with Gasteiger partial charge in [0.2, 0.25) is 5.88 Å². The van der Waals surface area contributed by atoms with E-state index in [0.29, 0.717) is 11.0 Å². The van der Waals surface area contributed by atoms with Crippen molar-refractivity contribution in [1.82, 2.24) is 9.97 Å². The van der Waals surface area contributed by atoms with Crippen molar-refractivity contribution in [1.29, 1.82) is 0 Å². The van der Waals surface area contributed by atoms with Crippen molar-refractivity contribution in [3.05, 3.63) is 29.2 Å². The van der Waals surface area contributed by atoms with E-state index in [1.165, 1.54) is 0 Å². The lowest BCUT2D eigenvalue weighted by atomic mass is 9.95. The predicted octanol–water partition coefficient (Wildman–Crippen LogP) is 2.84. The molecule has 0 aromatic carbocycles. The minimum Gasteiger partial charge on any atom is -0.474 e. The van der Waals surface area contributed by atoms with Gasteiger partial charge in [-0.25, -0.2) is 14.4 Å². The molecule has 8 heteroatoms. The number of pyridine rings is 2. The second-order valence-corrected chi connectivity index (χ2v) is 7.43. The van der Waals surface area contributed by atoms with Gasteiger partial charge in [-0.15, -0.1) is 0 Å². The minimum atomic E-state index is -0.795. The maximum absolute atomic E-state index is 11.4. The largest absolute Gasteiger partial charge is 0.474 e. The first-order chi connectivity index (χ1) is 10.6. The van der Waals surface area contributed by atoms with Crippen LogP contribution in [-0.4, -0.2) is 38.0 Å². The third kappa shape index (κ3) is 3.11. The average molecular weight is 356 g/mol. The Labute approximate surface area is 141 Å². The lowest BCUT2D eigenvalue weighted by molar-refractivity contribution is 0.121. The number of nitrogens with zero attached hydrogens (tertiary/aromatic N) is 3. The fourth-order valence-electron chi connectivity index (χ4n) is 2.41. The summed E-state index contributed by atoms with van der Waals surface area (Å²) in [7, 11) is -0.795. The van der Waals surface area contributed by atoms with Crippen LogP contribution in [0.15, 0.2) is 22.9 Å². The lowest BCUT2D eigenvalue weighted by Crippen LogP contribution is -2.40. The Morgan fingerprint density at radius 3 is 2.86 bits per heavy atom. The maximum atomic E-state index is 11.4. The Morgan fingerprint density at radius 2 is 2.18 bits per heavy atom. The number of ether oxygens (including phenoxy) is 1. The van der Waals surface area contributed by atoms with E-state index in [-0.39, 0.29) is 11.4 Å². The van der Waals surface area contributed by atoms with Gasteiger partial charge >= 0.3 is 0 Å². The van der Waals surface area contributed by atoms with Gasteiger partial charge < -0.3 is 4.74 Å². The summed E-state index contributed by atoms with van der Waals surface area (Å²) in [5, 5.41) is 2.25. The number of hydrogen-bond donors (Lipinski definition) is 1. The summed E-state index contributed by atoms with van der Waals surface area (Å²) in [5.74, 6) is 0.515. The van der Waals surface area contributed by atoms with E-state index in [0.717, 1.165) is 29.2 Å². The van der Waals surface area contributed by atoms with Crippen LogP contribution in [0.25, 0.3) is 10.8 Å². The molecule has 0 radical (unpaired) electrons. The first-order valence-corrected chi connectivity index (χ1v) is 9.09. The van der Waals surface area contributed by atoms with E-state index in [4.69, 9.17) is 16.3 Å². The molecule has 2 heterocycles. The molecule has 22 heavy (non-hydrogen) atoms. The molecule has 0 amide bonds. The Balaban J connectivity index is 1.91. The second kappa shape index (κ2) is 6.52. The van der Waals surface area contributed by atoms with E-state index in [1.54, 1.807) is 30.9 Å². The van der Waals surface area contributed by atoms with Crippen LogP contribution in [0, 0.1) is 0 Å². The van der Waals surface area contributed by atoms with Crippen LogP contribution in [-0.2, 0) is 10.8 Å². The molecule has 0 bridgehead atoms. The first kappa shape index (κ1) is 15.7. The van der Waals surface area contributed by atoms with Gasteiger partial charge in [0.1, 0.15) is 11.3 Å². The molecule has 1 saturated carbocycles. The fourth-order valence-corrected chi connectivity index (χ4v) is 3.66. The molecule has 1 aliphatic rings. The number of hydrogen-bond acceptors (Lipinski definition) is 6. The van der Waals surface area contributed by atoms with Gasteiger partial charge in [0.05, 0.1) is 5.39 Å². The summed E-state index contributed by atoms with van der Waals surface area (Å²) >= 11 is 9.82. The lowest BCUT2D eigenvalue weighted by Gasteiger charge is -2.33. The summed E-state index contributed by atoms with van der Waals surface area (Å²) < 4.78 is 21.0. The minimum absolute atomic E-state index is 0.0460.